The molecule has 1 saturated carbocycles. The molecule has 0 unspecified atom stereocenters. The van der Waals surface area contributed by atoms with Gasteiger partial charge in [0.25, 0.3) is 0 Å². The Balaban J connectivity index is 0.00000169. The molecule has 2 aliphatic carbocycles. The maximum Gasteiger partial charge on any atom is 0.0164 e. The van der Waals surface area contributed by atoms with Crippen LogP contribution in [0.15, 0.2) is 48.0 Å². The van der Waals surface area contributed by atoms with E-state index in [2.05, 4.69) is 61.9 Å². The predicted molar refractivity (Wildman–Crippen MR) is 99.2 cm³/mol. The average molecular weight is 393 g/mol. The molecule has 0 spiro atoms. The van der Waals surface area contributed by atoms with E-state index in [1.54, 1.807) is 0 Å². The zero-order valence-corrected chi connectivity index (χ0v) is 17.0. The normalized spacial score (nSPS) is 17.1. The molecule has 4 rings (SSSR count). The molecule has 2 aromatic carbocycles. The summed E-state index contributed by atoms with van der Waals surface area (Å²) in [7, 11) is 0. The Kier molecular flexibility index (Phi) is 5.93. The number of fused-ring (bicyclic) bond motifs is 1. The maximum absolute atomic E-state index is 2.44. The van der Waals surface area contributed by atoms with Crippen molar-refractivity contribution in [3.63, 3.8) is 0 Å². The fraction of sp³-hybridized carbons (Fsp3) is 0.348. The summed E-state index contributed by atoms with van der Waals surface area (Å²) in [4.78, 5) is 0. The van der Waals surface area contributed by atoms with E-state index in [0.717, 1.165) is 5.92 Å². The summed E-state index contributed by atoms with van der Waals surface area (Å²) < 4.78 is 0. The van der Waals surface area contributed by atoms with Gasteiger partial charge in [-0.1, -0.05) is 91.8 Å². The van der Waals surface area contributed by atoms with Crippen LogP contribution in [0.3, 0.4) is 0 Å². The monoisotopic (exact) mass is 391 g/mol. The number of aryl methyl sites for hydroxylation is 1. The third-order valence-electron chi connectivity index (χ3n) is 5.42. The van der Waals surface area contributed by atoms with Crippen molar-refractivity contribution in [2.24, 2.45) is 5.92 Å². The molecule has 0 saturated heterocycles. The summed E-state index contributed by atoms with van der Waals surface area (Å²) in [6, 6.07) is 15.6. The molecule has 0 N–H and O–H groups in total. The fourth-order valence-corrected chi connectivity index (χ4v) is 4.12. The molecular weight excluding hydrogens is 367 g/mol. The van der Waals surface area contributed by atoms with Crippen molar-refractivity contribution in [3.8, 4) is 11.1 Å². The van der Waals surface area contributed by atoms with Crippen LogP contribution >= 0.6 is 0 Å². The third kappa shape index (κ3) is 3.83. The first-order valence-corrected chi connectivity index (χ1v) is 9.05. The van der Waals surface area contributed by atoms with Crippen LogP contribution in [0.4, 0.5) is 0 Å². The van der Waals surface area contributed by atoms with E-state index < -0.39 is 0 Å². The van der Waals surface area contributed by atoms with Crippen molar-refractivity contribution in [2.75, 3.05) is 0 Å². The molecule has 1 heteroatoms. The molecule has 0 bridgehead atoms. The number of allylic oxidation sites excluding steroid dienone is 1. The summed E-state index contributed by atoms with van der Waals surface area (Å²) >= 11 is 0. The van der Waals surface area contributed by atoms with Gasteiger partial charge in [0, 0.05) is 32.6 Å². The first-order valence-electron chi connectivity index (χ1n) is 9.05. The van der Waals surface area contributed by atoms with Crippen molar-refractivity contribution < 1.29 is 26.2 Å². The van der Waals surface area contributed by atoms with Crippen LogP contribution in [-0.4, -0.2) is 0 Å². The molecule has 0 amide bonds. The third-order valence-corrected chi connectivity index (χ3v) is 5.42. The molecule has 0 nitrogen and oxygen atoms in total. The summed E-state index contributed by atoms with van der Waals surface area (Å²) in [6.45, 7) is 2.15. The molecule has 0 atom stereocenters. The average Bonchev–Trinajstić information content (AvgIpc) is 2.99. The minimum Gasteiger partial charge on any atom is -0.0613 e. The molecule has 24 heavy (non-hydrogen) atoms. The van der Waals surface area contributed by atoms with E-state index in [4.69, 9.17) is 0 Å². The zero-order valence-electron chi connectivity index (χ0n) is 14.5. The van der Waals surface area contributed by atoms with Gasteiger partial charge in [-0.15, -0.1) is 0 Å². The van der Waals surface area contributed by atoms with Gasteiger partial charge >= 0.3 is 0 Å². The standard InChI is InChI=1S/C23H25.Zr/c1-17-10-12-20(13-11-17)22-9-5-8-21-15-19(16-23(21)22)14-18-6-3-2-4-7-18;/h5,8-13,15-16,18H,2-4,6-7,14H2,1H3;. The number of benzene rings is 2. The minimum atomic E-state index is 0. The van der Waals surface area contributed by atoms with Gasteiger partial charge in [-0.25, -0.2) is 0 Å². The van der Waals surface area contributed by atoms with Gasteiger partial charge in [0.05, 0.1) is 0 Å². The van der Waals surface area contributed by atoms with Crippen LogP contribution in [0.5, 0.6) is 0 Å². The first kappa shape index (κ1) is 17.9. The van der Waals surface area contributed by atoms with Gasteiger partial charge < -0.3 is 0 Å². The fourth-order valence-electron chi connectivity index (χ4n) is 4.12. The van der Waals surface area contributed by atoms with Crippen molar-refractivity contribution in [2.45, 2.75) is 45.4 Å². The van der Waals surface area contributed by atoms with Crippen LogP contribution in [-0.2, 0) is 26.2 Å². The number of rotatable bonds is 3. The van der Waals surface area contributed by atoms with Gasteiger partial charge in [0.1, 0.15) is 0 Å². The Morgan fingerprint density at radius 3 is 2.42 bits per heavy atom. The molecule has 121 valence electrons. The van der Waals surface area contributed by atoms with E-state index in [0.29, 0.717) is 0 Å². The Labute approximate surface area is 165 Å². The smallest absolute Gasteiger partial charge is 0.0164 e. The van der Waals surface area contributed by atoms with Crippen molar-refractivity contribution in [1.82, 2.24) is 0 Å². The van der Waals surface area contributed by atoms with Crippen LogP contribution in [0.25, 0.3) is 17.2 Å². The molecular formula is C23H25Zr. The van der Waals surface area contributed by atoms with E-state index >= 15 is 0 Å². The number of hydrogen-bond acceptors (Lipinski definition) is 0. The maximum atomic E-state index is 2.44. The van der Waals surface area contributed by atoms with E-state index in [-0.39, 0.29) is 26.2 Å². The van der Waals surface area contributed by atoms with Gasteiger partial charge in [0.15, 0.2) is 0 Å². The van der Waals surface area contributed by atoms with Crippen LogP contribution < -0.4 is 0 Å². The molecule has 2 aliphatic rings. The summed E-state index contributed by atoms with van der Waals surface area (Å²) in [5.74, 6) is 0.906. The minimum absolute atomic E-state index is 0. The second-order valence-electron chi connectivity index (χ2n) is 7.25. The van der Waals surface area contributed by atoms with Gasteiger partial charge in [-0.2, -0.15) is 0 Å². The molecule has 0 aromatic heterocycles. The topological polar surface area (TPSA) is 0 Å². The second kappa shape index (κ2) is 7.96. The Morgan fingerprint density at radius 2 is 1.67 bits per heavy atom. The zero-order chi connectivity index (χ0) is 15.6. The molecule has 1 fully saturated rings. The quantitative estimate of drug-likeness (QED) is 0.553. The van der Waals surface area contributed by atoms with E-state index in [9.17, 15) is 0 Å². The van der Waals surface area contributed by atoms with Crippen LogP contribution in [0, 0.1) is 19.3 Å². The second-order valence-corrected chi connectivity index (χ2v) is 7.25. The summed E-state index contributed by atoms with van der Waals surface area (Å²) in [5, 5.41) is 0. The van der Waals surface area contributed by atoms with Gasteiger partial charge in [0.2, 0.25) is 0 Å². The predicted octanol–water partition coefficient (Wildman–Crippen LogP) is 6.58. The molecule has 0 aliphatic heterocycles. The largest absolute Gasteiger partial charge is 0.0613 e. The first-order chi connectivity index (χ1) is 11.3. The Morgan fingerprint density at radius 1 is 0.917 bits per heavy atom. The van der Waals surface area contributed by atoms with Gasteiger partial charge in [-0.3, -0.25) is 0 Å². The molecule has 1 radical (unpaired) electrons. The SMILES string of the molecule is Cc1ccc(-c2cccc3c2C=C(CC2CCCCC2)[CH]3)cc1.[Zr]. The van der Waals surface area contributed by atoms with Crippen molar-refractivity contribution in [3.05, 3.63) is 71.1 Å². The van der Waals surface area contributed by atoms with Crippen LogP contribution in [0.2, 0.25) is 0 Å². The summed E-state index contributed by atoms with van der Waals surface area (Å²) in [5.41, 5.74) is 8.37. The van der Waals surface area contributed by atoms with Gasteiger partial charge in [-0.05, 0) is 41.5 Å². The van der Waals surface area contributed by atoms with Crippen LogP contribution in [0.1, 0.15) is 55.2 Å². The Bertz CT molecular complexity index is 718. The Hall–Kier alpha value is -0.937. The van der Waals surface area contributed by atoms with Crippen molar-refractivity contribution in [1.29, 1.82) is 0 Å². The molecule has 2 aromatic rings. The van der Waals surface area contributed by atoms with E-state index in [1.165, 1.54) is 71.9 Å². The number of hydrogen-bond donors (Lipinski definition) is 0. The summed E-state index contributed by atoms with van der Waals surface area (Å²) in [6.07, 6.45) is 13.3. The van der Waals surface area contributed by atoms with E-state index in [1.807, 2.05) is 0 Å². The molecule has 0 heterocycles. The van der Waals surface area contributed by atoms with Crippen molar-refractivity contribution >= 4 is 6.08 Å².